The molecule has 3 rings (SSSR count). The van der Waals surface area contributed by atoms with E-state index in [2.05, 4.69) is 10.6 Å². The second-order valence-corrected chi connectivity index (χ2v) is 5.07. The Hall–Kier alpha value is -3.08. The van der Waals surface area contributed by atoms with Gasteiger partial charge in [-0.25, -0.2) is 0 Å². The maximum absolute atomic E-state index is 12.3. The maximum Gasteiger partial charge on any atom is 0.252 e. The van der Waals surface area contributed by atoms with E-state index in [0.29, 0.717) is 17.9 Å². The Kier molecular flexibility index (Phi) is 4.38. The first kappa shape index (κ1) is 14.8. The molecule has 0 unspecified atom stereocenters. The molecule has 3 aromatic rings. The highest BCUT2D eigenvalue weighted by Crippen LogP contribution is 2.18. The Morgan fingerprint density at radius 2 is 1.74 bits per heavy atom. The van der Waals surface area contributed by atoms with Crippen LogP contribution in [-0.2, 0) is 11.3 Å². The third-order valence-corrected chi connectivity index (χ3v) is 3.48. The number of fused-ring (bicyclic) bond motifs is 1. The molecule has 2 amide bonds. The van der Waals surface area contributed by atoms with Gasteiger partial charge in [0.1, 0.15) is 5.76 Å². The fourth-order valence-electron chi connectivity index (χ4n) is 2.34. The van der Waals surface area contributed by atoms with Crippen molar-refractivity contribution in [1.82, 2.24) is 10.6 Å². The molecule has 116 valence electrons. The van der Waals surface area contributed by atoms with Crippen LogP contribution in [0.25, 0.3) is 10.8 Å². The van der Waals surface area contributed by atoms with Crippen molar-refractivity contribution in [3.8, 4) is 0 Å². The third-order valence-electron chi connectivity index (χ3n) is 3.48. The molecular formula is C18H16N2O3. The van der Waals surface area contributed by atoms with E-state index in [1.807, 2.05) is 36.4 Å². The number of rotatable bonds is 5. The van der Waals surface area contributed by atoms with Gasteiger partial charge < -0.3 is 15.1 Å². The maximum atomic E-state index is 12.3. The molecule has 0 radical (unpaired) electrons. The van der Waals surface area contributed by atoms with Crippen LogP contribution in [0.3, 0.4) is 0 Å². The van der Waals surface area contributed by atoms with Gasteiger partial charge in [-0.3, -0.25) is 9.59 Å². The predicted octanol–water partition coefficient (Wildman–Crippen LogP) is 2.48. The molecule has 0 bridgehead atoms. The fourth-order valence-corrected chi connectivity index (χ4v) is 2.34. The Labute approximate surface area is 133 Å². The van der Waals surface area contributed by atoms with Crippen molar-refractivity contribution in [2.24, 2.45) is 0 Å². The Balaban J connectivity index is 1.59. The highest BCUT2D eigenvalue weighted by Gasteiger charge is 2.11. The molecule has 0 aliphatic carbocycles. The van der Waals surface area contributed by atoms with Gasteiger partial charge >= 0.3 is 0 Å². The minimum absolute atomic E-state index is 0.0806. The summed E-state index contributed by atoms with van der Waals surface area (Å²) in [6.07, 6.45) is 1.55. The van der Waals surface area contributed by atoms with Gasteiger partial charge in [-0.2, -0.15) is 0 Å². The Bertz CT molecular complexity index is 820. The summed E-state index contributed by atoms with van der Waals surface area (Å²) in [5.74, 6) is 0.128. The van der Waals surface area contributed by atoms with Crippen LogP contribution in [0.4, 0.5) is 0 Å². The summed E-state index contributed by atoms with van der Waals surface area (Å²) in [4.78, 5) is 24.1. The normalized spacial score (nSPS) is 10.4. The summed E-state index contributed by atoms with van der Waals surface area (Å²) in [7, 11) is 0. The van der Waals surface area contributed by atoms with Gasteiger partial charge in [0.25, 0.3) is 5.91 Å². The summed E-state index contributed by atoms with van der Waals surface area (Å²) in [5.41, 5.74) is 0.557. The van der Waals surface area contributed by atoms with Gasteiger partial charge in [-0.1, -0.05) is 36.4 Å². The summed E-state index contributed by atoms with van der Waals surface area (Å²) in [6, 6.07) is 16.7. The van der Waals surface area contributed by atoms with E-state index in [4.69, 9.17) is 4.42 Å². The fraction of sp³-hybridized carbons (Fsp3) is 0.111. The van der Waals surface area contributed by atoms with Gasteiger partial charge in [0.15, 0.2) is 0 Å². The molecular weight excluding hydrogens is 292 g/mol. The second-order valence-electron chi connectivity index (χ2n) is 5.07. The summed E-state index contributed by atoms with van der Waals surface area (Å²) >= 11 is 0. The number of nitrogens with one attached hydrogen (secondary N) is 2. The zero-order valence-electron chi connectivity index (χ0n) is 12.4. The van der Waals surface area contributed by atoms with Gasteiger partial charge in [-0.05, 0) is 29.0 Å². The Morgan fingerprint density at radius 1 is 0.913 bits per heavy atom. The van der Waals surface area contributed by atoms with Crippen LogP contribution in [-0.4, -0.2) is 18.4 Å². The van der Waals surface area contributed by atoms with Crippen LogP contribution in [0.15, 0.2) is 65.3 Å². The predicted molar refractivity (Wildman–Crippen MR) is 86.8 cm³/mol. The highest BCUT2D eigenvalue weighted by molar-refractivity contribution is 6.07. The first-order valence-electron chi connectivity index (χ1n) is 7.29. The number of amides is 2. The van der Waals surface area contributed by atoms with Crippen LogP contribution in [0, 0.1) is 0 Å². The third kappa shape index (κ3) is 3.58. The van der Waals surface area contributed by atoms with Crippen molar-refractivity contribution in [3.63, 3.8) is 0 Å². The van der Waals surface area contributed by atoms with Crippen molar-refractivity contribution in [2.45, 2.75) is 6.54 Å². The molecule has 1 aromatic heterocycles. The van der Waals surface area contributed by atoms with Crippen LogP contribution in [0.5, 0.6) is 0 Å². The smallest absolute Gasteiger partial charge is 0.252 e. The quantitative estimate of drug-likeness (QED) is 0.760. The molecule has 5 heteroatoms. The van der Waals surface area contributed by atoms with Crippen LogP contribution in [0.2, 0.25) is 0 Å². The van der Waals surface area contributed by atoms with E-state index in [1.54, 1.807) is 24.5 Å². The van der Waals surface area contributed by atoms with Crippen LogP contribution in [0.1, 0.15) is 16.1 Å². The lowest BCUT2D eigenvalue weighted by Gasteiger charge is -2.08. The molecule has 5 nitrogen and oxygen atoms in total. The van der Waals surface area contributed by atoms with Gasteiger partial charge in [-0.15, -0.1) is 0 Å². The van der Waals surface area contributed by atoms with Gasteiger partial charge in [0.05, 0.1) is 19.4 Å². The lowest BCUT2D eigenvalue weighted by atomic mass is 10.0. The van der Waals surface area contributed by atoms with Gasteiger partial charge in [0.2, 0.25) is 5.91 Å². The standard InChI is InChI=1S/C18H16N2O3/c21-17(19-11-14-7-4-10-23-14)12-20-18(22)16-9-3-6-13-5-1-2-8-15(13)16/h1-10H,11-12H2,(H,19,21)(H,20,22). The van der Waals surface area contributed by atoms with Crippen molar-refractivity contribution in [2.75, 3.05) is 6.54 Å². The van der Waals surface area contributed by atoms with Crippen LogP contribution >= 0.6 is 0 Å². The lowest BCUT2D eigenvalue weighted by molar-refractivity contribution is -0.120. The summed E-state index contributed by atoms with van der Waals surface area (Å²) in [6.45, 7) is 0.221. The van der Waals surface area contributed by atoms with Crippen molar-refractivity contribution < 1.29 is 14.0 Å². The number of hydrogen-bond donors (Lipinski definition) is 2. The van der Waals surface area contributed by atoms with E-state index < -0.39 is 0 Å². The van der Waals surface area contributed by atoms with Gasteiger partial charge in [0, 0.05) is 5.56 Å². The van der Waals surface area contributed by atoms with Crippen molar-refractivity contribution in [3.05, 3.63) is 72.2 Å². The van der Waals surface area contributed by atoms with E-state index in [-0.39, 0.29) is 18.4 Å². The molecule has 0 saturated carbocycles. The molecule has 0 aliphatic rings. The zero-order valence-corrected chi connectivity index (χ0v) is 12.4. The van der Waals surface area contributed by atoms with E-state index in [1.165, 1.54) is 0 Å². The largest absolute Gasteiger partial charge is 0.467 e. The molecule has 0 fully saturated rings. The first-order valence-corrected chi connectivity index (χ1v) is 7.29. The monoisotopic (exact) mass is 308 g/mol. The van der Waals surface area contributed by atoms with E-state index in [9.17, 15) is 9.59 Å². The average Bonchev–Trinajstić information content (AvgIpc) is 3.11. The number of carbonyl (C=O) groups is 2. The second kappa shape index (κ2) is 6.79. The van der Waals surface area contributed by atoms with Crippen molar-refractivity contribution in [1.29, 1.82) is 0 Å². The lowest BCUT2D eigenvalue weighted by Crippen LogP contribution is -2.36. The summed E-state index contributed by atoms with van der Waals surface area (Å²) < 4.78 is 5.12. The summed E-state index contributed by atoms with van der Waals surface area (Å²) in [5, 5.41) is 7.17. The van der Waals surface area contributed by atoms with Crippen molar-refractivity contribution >= 4 is 22.6 Å². The van der Waals surface area contributed by atoms with E-state index >= 15 is 0 Å². The molecule has 0 aliphatic heterocycles. The molecule has 2 aromatic carbocycles. The number of carbonyl (C=O) groups excluding carboxylic acids is 2. The molecule has 0 atom stereocenters. The minimum atomic E-state index is -0.269. The molecule has 0 saturated heterocycles. The molecule has 1 heterocycles. The molecule has 0 spiro atoms. The Morgan fingerprint density at radius 3 is 2.57 bits per heavy atom. The average molecular weight is 308 g/mol. The van der Waals surface area contributed by atoms with E-state index in [0.717, 1.165) is 10.8 Å². The minimum Gasteiger partial charge on any atom is -0.467 e. The number of hydrogen-bond acceptors (Lipinski definition) is 3. The number of benzene rings is 2. The number of furan rings is 1. The topological polar surface area (TPSA) is 71.3 Å². The molecule has 23 heavy (non-hydrogen) atoms. The zero-order chi connectivity index (χ0) is 16.1. The molecule has 2 N–H and O–H groups in total. The van der Waals surface area contributed by atoms with Crippen LogP contribution < -0.4 is 10.6 Å². The SMILES string of the molecule is O=C(CNC(=O)c1cccc2ccccc12)NCc1ccco1. The highest BCUT2D eigenvalue weighted by atomic mass is 16.3. The first-order chi connectivity index (χ1) is 11.2.